The minimum absolute atomic E-state index is 0.0363. The summed E-state index contributed by atoms with van der Waals surface area (Å²) in [4.78, 5) is 25.1. The molecule has 34 heavy (non-hydrogen) atoms. The molecule has 0 saturated carbocycles. The Kier molecular flexibility index (Phi) is 9.37. The van der Waals surface area contributed by atoms with Crippen LogP contribution < -0.4 is 10.6 Å². The van der Waals surface area contributed by atoms with E-state index in [1.165, 1.54) is 30.0 Å². The van der Waals surface area contributed by atoms with Crippen molar-refractivity contribution in [3.8, 4) is 0 Å². The summed E-state index contributed by atoms with van der Waals surface area (Å²) in [6, 6.07) is 7.15. The fourth-order valence-electron chi connectivity index (χ4n) is 3.00. The summed E-state index contributed by atoms with van der Waals surface area (Å²) in [5, 5.41) is 16.0. The Labute approximate surface area is 225 Å². The second kappa shape index (κ2) is 11.8. The zero-order chi connectivity index (χ0) is 25.0. The molecule has 2 aromatic carbocycles. The van der Waals surface area contributed by atoms with E-state index in [0.717, 1.165) is 0 Å². The molecule has 0 aliphatic heterocycles. The van der Waals surface area contributed by atoms with Gasteiger partial charge in [0.1, 0.15) is 0 Å². The smallest absolute Gasteiger partial charge is 0.253 e. The van der Waals surface area contributed by atoms with Crippen LogP contribution in [0.15, 0.2) is 35.5 Å². The third-order valence-electron chi connectivity index (χ3n) is 4.58. The van der Waals surface area contributed by atoms with Gasteiger partial charge in [0.25, 0.3) is 5.91 Å². The van der Waals surface area contributed by atoms with Gasteiger partial charge in [-0.05, 0) is 44.2 Å². The van der Waals surface area contributed by atoms with E-state index in [1.807, 2.05) is 11.5 Å². The molecule has 0 aliphatic rings. The van der Waals surface area contributed by atoms with Crippen molar-refractivity contribution in [3.05, 3.63) is 66.8 Å². The molecule has 0 unspecified atom stereocenters. The predicted molar refractivity (Wildman–Crippen MR) is 139 cm³/mol. The molecule has 0 saturated heterocycles. The third-order valence-corrected chi connectivity index (χ3v) is 6.90. The van der Waals surface area contributed by atoms with Crippen LogP contribution in [-0.2, 0) is 11.3 Å². The highest BCUT2D eigenvalue weighted by molar-refractivity contribution is 7.99. The molecule has 180 valence electrons. The van der Waals surface area contributed by atoms with Crippen molar-refractivity contribution in [1.82, 2.24) is 20.1 Å². The van der Waals surface area contributed by atoms with E-state index in [9.17, 15) is 9.59 Å². The van der Waals surface area contributed by atoms with Gasteiger partial charge in [-0.1, -0.05) is 69.8 Å². The van der Waals surface area contributed by atoms with Crippen LogP contribution in [-0.4, -0.2) is 32.3 Å². The first-order valence-corrected chi connectivity index (χ1v) is 12.7. The van der Waals surface area contributed by atoms with Crippen molar-refractivity contribution in [2.24, 2.45) is 0 Å². The fraction of sp³-hybridized carbons (Fsp3) is 0.238. The molecule has 1 atom stereocenters. The van der Waals surface area contributed by atoms with Gasteiger partial charge in [-0.15, -0.1) is 10.2 Å². The number of nitrogens with one attached hydrogen (secondary N) is 2. The van der Waals surface area contributed by atoms with Crippen LogP contribution in [0.3, 0.4) is 0 Å². The van der Waals surface area contributed by atoms with E-state index in [-0.39, 0.29) is 38.3 Å². The number of aromatic nitrogens is 3. The molecule has 1 heterocycles. The van der Waals surface area contributed by atoms with Gasteiger partial charge in [0.05, 0.1) is 38.1 Å². The van der Waals surface area contributed by atoms with Gasteiger partial charge in [0.15, 0.2) is 11.0 Å². The summed E-state index contributed by atoms with van der Waals surface area (Å²) in [7, 11) is 0. The van der Waals surface area contributed by atoms with Crippen molar-refractivity contribution >= 4 is 87.3 Å². The van der Waals surface area contributed by atoms with Crippen LogP contribution in [0, 0.1) is 0 Å². The van der Waals surface area contributed by atoms with Crippen molar-refractivity contribution in [2.75, 3.05) is 11.1 Å². The van der Waals surface area contributed by atoms with E-state index in [0.29, 0.717) is 33.1 Å². The number of thioether (sulfide) groups is 1. The lowest BCUT2D eigenvalue weighted by Crippen LogP contribution is -2.29. The third kappa shape index (κ3) is 6.50. The summed E-state index contributed by atoms with van der Waals surface area (Å²) in [5.41, 5.74) is 0.583. The monoisotopic (exact) mass is 579 g/mol. The minimum Gasteiger partial charge on any atom is -0.342 e. The van der Waals surface area contributed by atoms with E-state index >= 15 is 0 Å². The Bertz CT molecular complexity index is 1210. The second-order valence-corrected chi connectivity index (χ2v) is 10.0. The predicted octanol–water partition coefficient (Wildman–Crippen LogP) is 6.79. The van der Waals surface area contributed by atoms with Crippen molar-refractivity contribution in [1.29, 1.82) is 0 Å². The van der Waals surface area contributed by atoms with Crippen LogP contribution in [0.4, 0.5) is 5.69 Å². The largest absolute Gasteiger partial charge is 0.342 e. The Morgan fingerprint density at radius 2 is 1.65 bits per heavy atom. The fourth-order valence-corrected chi connectivity index (χ4v) is 5.22. The number of carbonyl (C=O) groups is 2. The van der Waals surface area contributed by atoms with Gasteiger partial charge in [-0.2, -0.15) is 0 Å². The molecule has 2 amide bonds. The number of halogens is 5. The summed E-state index contributed by atoms with van der Waals surface area (Å²) in [5.74, 6) is -0.131. The number of rotatable bonds is 8. The van der Waals surface area contributed by atoms with E-state index < -0.39 is 6.04 Å². The van der Waals surface area contributed by atoms with E-state index in [1.54, 1.807) is 19.1 Å². The highest BCUT2D eigenvalue weighted by atomic mass is 35.5. The van der Waals surface area contributed by atoms with Gasteiger partial charge in [0, 0.05) is 16.6 Å². The molecule has 3 aromatic rings. The summed E-state index contributed by atoms with van der Waals surface area (Å²) in [6.45, 7) is 4.22. The lowest BCUT2D eigenvalue weighted by atomic mass is 10.2. The number of anilines is 1. The lowest BCUT2D eigenvalue weighted by Gasteiger charge is -2.15. The molecule has 1 aromatic heterocycles. The zero-order valence-corrected chi connectivity index (χ0v) is 22.4. The van der Waals surface area contributed by atoms with Gasteiger partial charge in [-0.25, -0.2) is 0 Å². The maximum absolute atomic E-state index is 12.6. The first-order valence-electron chi connectivity index (χ1n) is 9.86. The second-order valence-electron chi connectivity index (χ2n) is 6.99. The van der Waals surface area contributed by atoms with Crippen LogP contribution in [0.2, 0.25) is 25.1 Å². The summed E-state index contributed by atoms with van der Waals surface area (Å²) >= 11 is 31.4. The average molecular weight is 582 g/mol. The number of hydrogen-bond acceptors (Lipinski definition) is 5. The van der Waals surface area contributed by atoms with E-state index in [4.69, 9.17) is 58.0 Å². The van der Waals surface area contributed by atoms with Crippen LogP contribution in [0.1, 0.15) is 36.1 Å². The summed E-state index contributed by atoms with van der Waals surface area (Å²) < 4.78 is 1.81. The van der Waals surface area contributed by atoms with Crippen LogP contribution >= 0.6 is 69.8 Å². The molecule has 7 nitrogen and oxygen atoms in total. The average Bonchev–Trinajstić information content (AvgIpc) is 3.17. The van der Waals surface area contributed by atoms with E-state index in [2.05, 4.69) is 20.8 Å². The number of amides is 2. The van der Waals surface area contributed by atoms with Gasteiger partial charge in [-0.3, -0.25) is 9.59 Å². The maximum atomic E-state index is 12.6. The molecule has 0 radical (unpaired) electrons. The first kappa shape index (κ1) is 26.9. The Morgan fingerprint density at radius 3 is 2.26 bits per heavy atom. The van der Waals surface area contributed by atoms with Gasteiger partial charge < -0.3 is 15.2 Å². The molecule has 0 bridgehead atoms. The minimum atomic E-state index is -0.471. The van der Waals surface area contributed by atoms with Crippen LogP contribution in [0.25, 0.3) is 0 Å². The number of benzene rings is 2. The highest BCUT2D eigenvalue weighted by Gasteiger charge is 2.21. The molecule has 0 fully saturated rings. The molecular formula is C21H18Cl5N5O2S. The SMILES string of the molecule is CCn1c(SCC(=O)Nc2c(Cl)cc(Cl)cc2Cl)nnc1[C@@H](C)NC(=O)c1ccc(Cl)cc1Cl. The normalized spacial score (nSPS) is 11.9. The van der Waals surface area contributed by atoms with Crippen molar-refractivity contribution in [2.45, 2.75) is 31.6 Å². The molecule has 13 heteroatoms. The standard InChI is InChI=1S/C21H18Cl5N5O2S/c1-3-31-19(10(2)27-20(33)13-5-4-11(22)6-14(13)24)29-30-21(31)34-9-17(32)28-18-15(25)7-12(23)8-16(18)26/h4-8,10H,3,9H2,1-2H3,(H,27,33)(H,28,32)/t10-/m1/s1. The topological polar surface area (TPSA) is 88.9 Å². The van der Waals surface area contributed by atoms with Crippen LogP contribution in [0.5, 0.6) is 0 Å². The lowest BCUT2D eigenvalue weighted by molar-refractivity contribution is -0.113. The summed E-state index contributed by atoms with van der Waals surface area (Å²) in [6.07, 6.45) is 0. The highest BCUT2D eigenvalue weighted by Crippen LogP contribution is 2.34. The molecule has 3 rings (SSSR count). The molecule has 0 aliphatic carbocycles. The van der Waals surface area contributed by atoms with Crippen molar-refractivity contribution in [3.63, 3.8) is 0 Å². The Morgan fingerprint density at radius 1 is 1.00 bits per heavy atom. The zero-order valence-electron chi connectivity index (χ0n) is 17.8. The Balaban J connectivity index is 1.66. The molecule has 2 N–H and O–H groups in total. The first-order chi connectivity index (χ1) is 16.1. The van der Waals surface area contributed by atoms with Gasteiger partial charge in [0.2, 0.25) is 5.91 Å². The molecule has 0 spiro atoms. The number of carbonyl (C=O) groups excluding carboxylic acids is 2. The molecular weight excluding hydrogens is 564 g/mol. The Hall–Kier alpha value is -1.68. The number of hydrogen-bond donors (Lipinski definition) is 2. The number of nitrogens with zero attached hydrogens (tertiary/aromatic N) is 3. The quantitative estimate of drug-likeness (QED) is 0.286. The van der Waals surface area contributed by atoms with Crippen molar-refractivity contribution < 1.29 is 9.59 Å². The van der Waals surface area contributed by atoms with Gasteiger partial charge >= 0.3 is 0 Å². The maximum Gasteiger partial charge on any atom is 0.253 e.